The van der Waals surface area contributed by atoms with Gasteiger partial charge in [-0.25, -0.2) is 17.3 Å². The van der Waals surface area contributed by atoms with Gasteiger partial charge in [-0.3, -0.25) is 6.08 Å². The van der Waals surface area contributed by atoms with Crippen LogP contribution in [0.2, 0.25) is 19.6 Å². The molecule has 0 nitrogen and oxygen atoms in total. The molecule has 5 rings (SSSR count). The van der Waals surface area contributed by atoms with Crippen molar-refractivity contribution in [3.63, 3.8) is 0 Å². The van der Waals surface area contributed by atoms with Crippen LogP contribution in [0, 0.1) is 6.08 Å². The average molecular weight is 585 g/mol. The Hall–Kier alpha value is -1.18. The molecule has 4 heteroatoms. The van der Waals surface area contributed by atoms with E-state index in [0.717, 1.165) is 6.42 Å². The SMILES string of the molecule is C[Si](C)(C)C1=CC[C-]=C1.[Cl-].[Cl-].[Zr+2]=[C](c1ccccc1)c1ccccc1.c1cc2c([cH-]1)CCCC2. The van der Waals surface area contributed by atoms with Gasteiger partial charge in [0.1, 0.15) is 0 Å². The standard InChI is InChI=1S/C13H10.C9H11.C8H13Si.2ClH.Zr/c1-3-7-12(8-4-1)11-13-9-5-2-6-10-13;1-2-5-9-7-3-6-8(9)4-1;1-9(2,3)8-6-4-5-7-8;;;/h1-10H;3,6-7H,1-2,4-5H2;6-7H,4H2,1-3H3;2*1H;/q;2*-1;;;+2/p-2. The van der Waals surface area contributed by atoms with Crippen molar-refractivity contribution in [1.82, 2.24) is 0 Å². The second-order valence-corrected chi connectivity index (χ2v) is 15.7. The van der Waals surface area contributed by atoms with Crippen LogP contribution in [0.4, 0.5) is 0 Å². The fourth-order valence-electron chi connectivity index (χ4n) is 3.91. The number of aryl methyl sites for hydroxylation is 2. The normalized spacial score (nSPS) is 13.5. The third-order valence-corrected chi connectivity index (χ3v) is 9.34. The Morgan fingerprint density at radius 1 is 0.824 bits per heavy atom. The molecule has 178 valence electrons. The molecule has 2 aliphatic carbocycles. The zero-order valence-electron chi connectivity index (χ0n) is 20.5. The molecule has 34 heavy (non-hydrogen) atoms. The predicted octanol–water partition coefficient (Wildman–Crippen LogP) is 1.65. The molecule has 0 radical (unpaired) electrons. The number of halogens is 2. The summed E-state index contributed by atoms with van der Waals surface area (Å²) in [7, 11) is -0.981. The van der Waals surface area contributed by atoms with Gasteiger partial charge in [-0.2, -0.15) is 29.3 Å². The Balaban J connectivity index is 0.000000257. The van der Waals surface area contributed by atoms with E-state index in [2.05, 4.69) is 117 Å². The second-order valence-electron chi connectivity index (χ2n) is 9.35. The third-order valence-electron chi connectivity index (χ3n) is 5.84. The van der Waals surface area contributed by atoms with Gasteiger partial charge in [0.15, 0.2) is 0 Å². The van der Waals surface area contributed by atoms with Gasteiger partial charge < -0.3 is 24.8 Å². The van der Waals surface area contributed by atoms with Gasteiger partial charge in [-0.15, -0.1) is 6.42 Å². The molecule has 0 unspecified atom stereocenters. The molecule has 0 spiro atoms. The first-order valence-electron chi connectivity index (χ1n) is 11.7. The van der Waals surface area contributed by atoms with Crippen molar-refractivity contribution in [3.8, 4) is 0 Å². The van der Waals surface area contributed by atoms with Crippen LogP contribution in [0.25, 0.3) is 0 Å². The van der Waals surface area contributed by atoms with E-state index in [1.165, 1.54) is 64.3 Å². The summed E-state index contributed by atoms with van der Waals surface area (Å²) in [5.74, 6) is 0. The van der Waals surface area contributed by atoms with Crippen LogP contribution in [0.1, 0.15) is 41.5 Å². The van der Waals surface area contributed by atoms with Gasteiger partial charge in [0.25, 0.3) is 0 Å². The first-order chi connectivity index (χ1) is 15.4. The fourth-order valence-corrected chi connectivity index (χ4v) is 5.98. The summed E-state index contributed by atoms with van der Waals surface area (Å²) in [6.07, 6.45) is 14.1. The second kappa shape index (κ2) is 15.7. The zero-order valence-corrected chi connectivity index (χ0v) is 25.4. The molecule has 0 bridgehead atoms. The number of allylic oxidation sites excluding steroid dienone is 4. The smallest absolute Gasteiger partial charge is 0.0512 e. The Kier molecular flexibility index (Phi) is 14.3. The van der Waals surface area contributed by atoms with Crippen LogP contribution in [-0.2, 0) is 37.1 Å². The predicted molar refractivity (Wildman–Crippen MR) is 139 cm³/mol. The monoisotopic (exact) mass is 582 g/mol. The largest absolute Gasteiger partial charge is 0.210 e. The summed E-state index contributed by atoms with van der Waals surface area (Å²) in [4.78, 5) is 0. The number of hydrogen-bond donors (Lipinski definition) is 0. The molecular weight excluding hydrogens is 551 g/mol. The Bertz CT molecular complexity index is 982. The van der Waals surface area contributed by atoms with E-state index in [-0.39, 0.29) is 24.8 Å². The van der Waals surface area contributed by atoms with Crippen LogP contribution in [-0.4, -0.2) is 11.3 Å². The number of benzene rings is 2. The first-order valence-corrected chi connectivity index (χ1v) is 16.4. The van der Waals surface area contributed by atoms with Crippen molar-refractivity contribution in [3.05, 3.63) is 125 Å². The molecular formula is C30H34Cl2SiZr-2. The van der Waals surface area contributed by atoms with Crippen molar-refractivity contribution in [2.24, 2.45) is 0 Å². The van der Waals surface area contributed by atoms with Crippen molar-refractivity contribution in [1.29, 1.82) is 0 Å². The fraction of sp³-hybridized carbons (Fsp3) is 0.267. The molecule has 0 N–H and O–H groups in total. The van der Waals surface area contributed by atoms with Crippen LogP contribution >= 0.6 is 0 Å². The van der Waals surface area contributed by atoms with E-state index in [1.807, 2.05) is 0 Å². The van der Waals surface area contributed by atoms with Crippen LogP contribution in [0.3, 0.4) is 0 Å². The molecule has 2 aliphatic rings. The molecule has 0 aliphatic heterocycles. The summed E-state index contributed by atoms with van der Waals surface area (Å²) in [5, 5.41) is 1.56. The molecule has 0 atom stereocenters. The van der Waals surface area contributed by atoms with Gasteiger partial charge in [-0.1, -0.05) is 45.3 Å². The molecule has 0 heterocycles. The zero-order chi connectivity index (χ0) is 22.8. The molecule has 3 aromatic carbocycles. The van der Waals surface area contributed by atoms with E-state index < -0.39 is 8.07 Å². The summed E-state index contributed by atoms with van der Waals surface area (Å²) < 4.78 is 1.42. The third kappa shape index (κ3) is 9.82. The van der Waals surface area contributed by atoms with Crippen molar-refractivity contribution >= 4 is 11.3 Å². The van der Waals surface area contributed by atoms with E-state index >= 15 is 0 Å². The number of hydrogen-bond acceptors (Lipinski definition) is 0. The summed E-state index contributed by atoms with van der Waals surface area (Å²) in [6.45, 7) is 7.09. The van der Waals surface area contributed by atoms with Gasteiger partial charge in [0, 0.05) is 0 Å². The van der Waals surface area contributed by atoms with E-state index in [9.17, 15) is 0 Å². The van der Waals surface area contributed by atoms with Crippen molar-refractivity contribution in [2.45, 2.75) is 51.7 Å². The molecule has 3 aromatic rings. The minimum Gasteiger partial charge on any atom is -0.210 e. The Morgan fingerprint density at radius 2 is 1.38 bits per heavy atom. The summed E-state index contributed by atoms with van der Waals surface area (Å²) in [6, 6.07) is 27.8. The molecule has 0 saturated heterocycles. The van der Waals surface area contributed by atoms with E-state index in [1.54, 1.807) is 16.3 Å². The maximum absolute atomic E-state index is 3.20. The Labute approximate surface area is 235 Å². The summed E-state index contributed by atoms with van der Waals surface area (Å²) >= 11 is 1.46. The minimum atomic E-state index is -0.981. The van der Waals surface area contributed by atoms with Gasteiger partial charge >= 0.3 is 99.2 Å². The van der Waals surface area contributed by atoms with Crippen molar-refractivity contribution in [2.75, 3.05) is 0 Å². The maximum atomic E-state index is 3.20. The molecule has 0 fully saturated rings. The van der Waals surface area contributed by atoms with Crippen LogP contribution in [0.15, 0.2) is 96.2 Å². The van der Waals surface area contributed by atoms with E-state index in [4.69, 9.17) is 0 Å². The topological polar surface area (TPSA) is 0 Å². The Morgan fingerprint density at radius 3 is 1.82 bits per heavy atom. The maximum Gasteiger partial charge on any atom is -0.0512 e. The average Bonchev–Trinajstić information content (AvgIpc) is 3.53. The quantitative estimate of drug-likeness (QED) is 0.325. The molecule has 0 aromatic heterocycles. The number of fused-ring (bicyclic) bond motifs is 1. The van der Waals surface area contributed by atoms with E-state index in [0.29, 0.717) is 0 Å². The minimum absolute atomic E-state index is 0. The van der Waals surface area contributed by atoms with Crippen LogP contribution < -0.4 is 24.8 Å². The number of rotatable bonds is 3. The summed E-state index contributed by atoms with van der Waals surface area (Å²) in [5.41, 5.74) is 5.86. The van der Waals surface area contributed by atoms with Crippen molar-refractivity contribution < 1.29 is 49.0 Å². The van der Waals surface area contributed by atoms with Gasteiger partial charge in [0.2, 0.25) is 0 Å². The van der Waals surface area contributed by atoms with Gasteiger partial charge in [0.05, 0.1) is 0 Å². The first kappa shape index (κ1) is 30.9. The van der Waals surface area contributed by atoms with Crippen LogP contribution in [0.5, 0.6) is 0 Å². The molecule has 0 amide bonds. The molecule has 0 saturated carbocycles. The van der Waals surface area contributed by atoms with Gasteiger partial charge in [-0.05, 0) is 8.07 Å².